The maximum atomic E-state index is 12.1. The molecule has 0 aliphatic rings. The molecule has 0 unspecified atom stereocenters. The summed E-state index contributed by atoms with van der Waals surface area (Å²) < 4.78 is 5.04. The fourth-order valence-electron chi connectivity index (χ4n) is 2.07. The Kier molecular flexibility index (Phi) is 10.8. The van der Waals surface area contributed by atoms with Crippen LogP contribution in [0, 0.1) is 0 Å². The molecule has 6 heteroatoms. The van der Waals surface area contributed by atoms with Gasteiger partial charge in [0.25, 0.3) is 0 Å². The second-order valence-corrected chi connectivity index (χ2v) is 4.74. The predicted molar refractivity (Wildman–Crippen MR) is 77.8 cm³/mol. The van der Waals surface area contributed by atoms with Crippen LogP contribution in [0.2, 0.25) is 0 Å². The minimum atomic E-state index is -0.796. The number of nitrogens with zero attached hydrogens (tertiary/aromatic N) is 1. The van der Waals surface area contributed by atoms with Crippen LogP contribution in [0.5, 0.6) is 0 Å². The van der Waals surface area contributed by atoms with Crippen LogP contribution in [0.4, 0.5) is 4.79 Å². The van der Waals surface area contributed by atoms with Crippen molar-refractivity contribution in [2.24, 2.45) is 0 Å². The number of nitrogens with one attached hydrogen (secondary N) is 1. The molecule has 6 nitrogen and oxygen atoms in total. The van der Waals surface area contributed by atoms with E-state index in [-0.39, 0.29) is 18.5 Å². The average molecular weight is 288 g/mol. The van der Waals surface area contributed by atoms with Crippen molar-refractivity contribution >= 4 is 12.0 Å². The molecular weight excluding hydrogens is 260 g/mol. The second kappa shape index (κ2) is 11.5. The van der Waals surface area contributed by atoms with Gasteiger partial charge in [0.15, 0.2) is 0 Å². The SMILES string of the molecule is CCC(CC)N(CCOC)C(=O)NCCCCC(=O)O. The third-order valence-corrected chi connectivity index (χ3v) is 3.27. The largest absolute Gasteiger partial charge is 0.481 e. The first-order valence-electron chi connectivity index (χ1n) is 7.31. The fourth-order valence-corrected chi connectivity index (χ4v) is 2.07. The van der Waals surface area contributed by atoms with E-state index in [0.29, 0.717) is 32.5 Å². The minimum Gasteiger partial charge on any atom is -0.481 e. The van der Waals surface area contributed by atoms with E-state index in [0.717, 1.165) is 12.8 Å². The topological polar surface area (TPSA) is 78.9 Å². The van der Waals surface area contributed by atoms with Gasteiger partial charge in [0.05, 0.1) is 6.61 Å². The zero-order chi connectivity index (χ0) is 15.4. The summed E-state index contributed by atoms with van der Waals surface area (Å²) in [6.45, 7) is 5.73. The lowest BCUT2D eigenvalue weighted by molar-refractivity contribution is -0.137. The molecule has 0 rings (SSSR count). The number of hydrogen-bond acceptors (Lipinski definition) is 3. The van der Waals surface area contributed by atoms with Crippen molar-refractivity contribution in [1.29, 1.82) is 0 Å². The van der Waals surface area contributed by atoms with Crippen LogP contribution in [0.3, 0.4) is 0 Å². The molecule has 0 atom stereocenters. The monoisotopic (exact) mass is 288 g/mol. The van der Waals surface area contributed by atoms with Gasteiger partial charge in [0, 0.05) is 32.7 Å². The summed E-state index contributed by atoms with van der Waals surface area (Å²) in [5, 5.41) is 11.4. The summed E-state index contributed by atoms with van der Waals surface area (Å²) in [7, 11) is 1.62. The van der Waals surface area contributed by atoms with Gasteiger partial charge in [-0.2, -0.15) is 0 Å². The summed E-state index contributed by atoms with van der Waals surface area (Å²) in [6, 6.07) is 0.121. The fraction of sp³-hybridized carbons (Fsp3) is 0.857. The highest BCUT2D eigenvalue weighted by atomic mass is 16.5. The van der Waals surface area contributed by atoms with Crippen LogP contribution >= 0.6 is 0 Å². The second-order valence-electron chi connectivity index (χ2n) is 4.74. The zero-order valence-corrected chi connectivity index (χ0v) is 12.9. The molecule has 0 aromatic heterocycles. The predicted octanol–water partition coefficient (Wildman–Crippen LogP) is 2.09. The number of urea groups is 1. The van der Waals surface area contributed by atoms with Crippen molar-refractivity contribution < 1.29 is 19.4 Å². The van der Waals surface area contributed by atoms with Gasteiger partial charge in [-0.1, -0.05) is 13.8 Å². The van der Waals surface area contributed by atoms with Gasteiger partial charge >= 0.3 is 12.0 Å². The summed E-state index contributed by atoms with van der Waals surface area (Å²) in [5.74, 6) is -0.796. The number of unbranched alkanes of at least 4 members (excludes halogenated alkanes) is 1. The molecule has 0 radical (unpaired) electrons. The molecule has 20 heavy (non-hydrogen) atoms. The van der Waals surface area contributed by atoms with Crippen LogP contribution in [0.1, 0.15) is 46.0 Å². The van der Waals surface area contributed by atoms with Crippen LogP contribution in [0.15, 0.2) is 0 Å². The number of carboxylic acids is 1. The number of carbonyl (C=O) groups excluding carboxylic acids is 1. The molecule has 0 fully saturated rings. The van der Waals surface area contributed by atoms with Gasteiger partial charge < -0.3 is 20.1 Å². The molecule has 0 spiro atoms. The van der Waals surface area contributed by atoms with Crippen molar-refractivity contribution in [2.75, 3.05) is 26.8 Å². The Labute approximate surface area is 121 Å². The molecule has 0 aliphatic carbocycles. The van der Waals surface area contributed by atoms with E-state index in [1.807, 2.05) is 0 Å². The maximum absolute atomic E-state index is 12.1. The first kappa shape index (κ1) is 18.7. The number of rotatable bonds is 11. The molecule has 0 saturated heterocycles. The first-order chi connectivity index (χ1) is 9.56. The van der Waals surface area contributed by atoms with Crippen LogP contribution in [-0.4, -0.2) is 54.9 Å². The van der Waals surface area contributed by atoms with E-state index >= 15 is 0 Å². The van der Waals surface area contributed by atoms with E-state index in [1.54, 1.807) is 12.0 Å². The Balaban J connectivity index is 4.15. The molecular formula is C14H28N2O4. The highest BCUT2D eigenvalue weighted by molar-refractivity contribution is 5.74. The van der Waals surface area contributed by atoms with E-state index in [4.69, 9.17) is 9.84 Å². The van der Waals surface area contributed by atoms with Gasteiger partial charge in [-0.25, -0.2) is 4.79 Å². The first-order valence-corrected chi connectivity index (χ1v) is 7.31. The Morgan fingerprint density at radius 2 is 1.90 bits per heavy atom. The molecule has 2 amide bonds. The van der Waals surface area contributed by atoms with Crippen molar-refractivity contribution in [2.45, 2.75) is 52.0 Å². The lowest BCUT2D eigenvalue weighted by Gasteiger charge is -2.30. The molecule has 2 N–H and O–H groups in total. The summed E-state index contributed by atoms with van der Waals surface area (Å²) in [5.41, 5.74) is 0. The molecule has 118 valence electrons. The minimum absolute atomic E-state index is 0.0916. The summed E-state index contributed by atoms with van der Waals surface area (Å²) >= 11 is 0. The third kappa shape index (κ3) is 7.99. The molecule has 0 saturated carbocycles. The zero-order valence-electron chi connectivity index (χ0n) is 12.9. The normalized spacial score (nSPS) is 10.6. The highest BCUT2D eigenvalue weighted by Gasteiger charge is 2.20. The van der Waals surface area contributed by atoms with Crippen LogP contribution < -0.4 is 5.32 Å². The van der Waals surface area contributed by atoms with Gasteiger partial charge in [-0.3, -0.25) is 4.79 Å². The highest BCUT2D eigenvalue weighted by Crippen LogP contribution is 2.08. The standard InChI is InChI=1S/C14H28N2O4/c1-4-12(5-2)16(10-11-20-3)14(19)15-9-7-6-8-13(17)18/h12H,4-11H2,1-3H3,(H,15,19)(H,17,18). The van der Waals surface area contributed by atoms with Gasteiger partial charge in [-0.15, -0.1) is 0 Å². The van der Waals surface area contributed by atoms with Crippen LogP contribution in [0.25, 0.3) is 0 Å². The number of carbonyl (C=O) groups is 2. The van der Waals surface area contributed by atoms with E-state index in [9.17, 15) is 9.59 Å². The Morgan fingerprint density at radius 1 is 1.25 bits per heavy atom. The average Bonchev–Trinajstić information content (AvgIpc) is 2.42. The maximum Gasteiger partial charge on any atom is 0.317 e. The summed E-state index contributed by atoms with van der Waals surface area (Å²) in [6.07, 6.45) is 3.23. The summed E-state index contributed by atoms with van der Waals surface area (Å²) in [4.78, 5) is 24.3. The number of ether oxygens (including phenoxy) is 1. The van der Waals surface area contributed by atoms with E-state index in [2.05, 4.69) is 19.2 Å². The Hall–Kier alpha value is -1.30. The third-order valence-electron chi connectivity index (χ3n) is 3.27. The van der Waals surface area contributed by atoms with Crippen molar-refractivity contribution in [1.82, 2.24) is 10.2 Å². The molecule has 0 aliphatic heterocycles. The lowest BCUT2D eigenvalue weighted by Crippen LogP contribution is -2.47. The van der Waals surface area contributed by atoms with Crippen molar-refractivity contribution in [3.63, 3.8) is 0 Å². The molecule has 0 aromatic rings. The molecule has 0 heterocycles. The van der Waals surface area contributed by atoms with E-state index < -0.39 is 5.97 Å². The Bertz CT molecular complexity index is 280. The van der Waals surface area contributed by atoms with Gasteiger partial charge in [-0.05, 0) is 25.7 Å². The van der Waals surface area contributed by atoms with Crippen molar-refractivity contribution in [3.05, 3.63) is 0 Å². The number of amides is 2. The van der Waals surface area contributed by atoms with Gasteiger partial charge in [0.2, 0.25) is 0 Å². The number of aliphatic carboxylic acids is 1. The van der Waals surface area contributed by atoms with Gasteiger partial charge in [0.1, 0.15) is 0 Å². The number of carboxylic acid groups (broad SMARTS) is 1. The Morgan fingerprint density at radius 3 is 2.40 bits per heavy atom. The quantitative estimate of drug-likeness (QED) is 0.571. The lowest BCUT2D eigenvalue weighted by atomic mass is 10.1. The van der Waals surface area contributed by atoms with Crippen LogP contribution in [-0.2, 0) is 9.53 Å². The van der Waals surface area contributed by atoms with Crippen molar-refractivity contribution in [3.8, 4) is 0 Å². The molecule has 0 bridgehead atoms. The smallest absolute Gasteiger partial charge is 0.317 e. The van der Waals surface area contributed by atoms with E-state index in [1.165, 1.54) is 0 Å². The molecule has 0 aromatic carbocycles. The number of methoxy groups -OCH3 is 1. The number of hydrogen-bond donors (Lipinski definition) is 2.